The zero-order chi connectivity index (χ0) is 25.6. The third kappa shape index (κ3) is 6.43. The number of likely N-dealkylation sites (N-methyl/N-ethyl adjacent to an activating group) is 1. The smallest absolute Gasteiger partial charge is 0.243 e. The lowest BCUT2D eigenvalue weighted by atomic mass is 10.1. The highest BCUT2D eigenvalue weighted by atomic mass is 32.2. The van der Waals surface area contributed by atoms with Gasteiger partial charge in [0.05, 0.1) is 11.4 Å². The molecule has 0 spiro atoms. The fourth-order valence-corrected chi connectivity index (χ4v) is 4.80. The molecule has 0 bridgehead atoms. The first kappa shape index (κ1) is 26.3. The van der Waals surface area contributed by atoms with Gasteiger partial charge in [0, 0.05) is 20.1 Å². The van der Waals surface area contributed by atoms with Crippen LogP contribution in [0.5, 0.6) is 0 Å². The monoisotopic (exact) mass is 499 g/mol. The minimum atomic E-state index is -3.96. The van der Waals surface area contributed by atoms with E-state index in [4.69, 9.17) is 0 Å². The van der Waals surface area contributed by atoms with Crippen molar-refractivity contribution in [3.05, 3.63) is 78.1 Å². The van der Waals surface area contributed by atoms with Gasteiger partial charge in [0.1, 0.15) is 11.9 Å². The van der Waals surface area contributed by atoms with Gasteiger partial charge in [-0.2, -0.15) is 4.31 Å². The van der Waals surface area contributed by atoms with Crippen molar-refractivity contribution in [2.24, 2.45) is 0 Å². The number of nitrogens with one attached hydrogen (secondary N) is 1. The van der Waals surface area contributed by atoms with Gasteiger partial charge in [0.25, 0.3) is 0 Å². The quantitative estimate of drug-likeness (QED) is 0.462. The Balaban J connectivity index is 1.83. The van der Waals surface area contributed by atoms with Crippen molar-refractivity contribution in [2.45, 2.75) is 37.8 Å². The highest BCUT2D eigenvalue weighted by molar-refractivity contribution is 7.89. The molecule has 35 heavy (non-hydrogen) atoms. The number of benzene rings is 3. The third-order valence-corrected chi connectivity index (χ3v) is 7.57. The molecule has 0 radical (unpaired) electrons. The van der Waals surface area contributed by atoms with Crippen LogP contribution in [0.3, 0.4) is 0 Å². The van der Waals surface area contributed by atoms with Gasteiger partial charge in [-0.1, -0.05) is 49.4 Å². The first-order valence-electron chi connectivity index (χ1n) is 11.4. The molecule has 7 nitrogen and oxygen atoms in total. The van der Waals surface area contributed by atoms with Gasteiger partial charge in [-0.15, -0.1) is 0 Å². The summed E-state index contributed by atoms with van der Waals surface area (Å²) in [5.41, 5.74) is 0.620. The number of hydrogen-bond acceptors (Lipinski definition) is 4. The molecule has 0 saturated heterocycles. The minimum absolute atomic E-state index is 0.0314. The molecule has 1 atom stereocenters. The van der Waals surface area contributed by atoms with Crippen LogP contribution in [-0.4, -0.2) is 55.6 Å². The molecular weight excluding hydrogens is 469 g/mol. The number of nitrogens with zero attached hydrogens (tertiary/aromatic N) is 2. The summed E-state index contributed by atoms with van der Waals surface area (Å²) in [7, 11) is -2.63. The fourth-order valence-electron chi connectivity index (χ4n) is 3.64. The Hall–Kier alpha value is -3.30. The van der Waals surface area contributed by atoms with Gasteiger partial charge >= 0.3 is 0 Å². The van der Waals surface area contributed by atoms with Gasteiger partial charge in [-0.05, 0) is 53.9 Å². The Morgan fingerprint density at radius 1 is 1.00 bits per heavy atom. The molecule has 3 aromatic carbocycles. The molecule has 1 N–H and O–H groups in total. The van der Waals surface area contributed by atoms with E-state index in [1.54, 1.807) is 19.1 Å². The largest absolute Gasteiger partial charge is 0.354 e. The topological polar surface area (TPSA) is 86.8 Å². The fraction of sp³-hybridized carbons (Fsp3) is 0.308. The first-order valence-corrected chi connectivity index (χ1v) is 12.8. The van der Waals surface area contributed by atoms with E-state index in [1.807, 2.05) is 31.2 Å². The van der Waals surface area contributed by atoms with Gasteiger partial charge in [-0.25, -0.2) is 12.8 Å². The number of sulfonamides is 1. The van der Waals surface area contributed by atoms with Crippen molar-refractivity contribution in [1.82, 2.24) is 14.5 Å². The normalized spacial score (nSPS) is 12.5. The minimum Gasteiger partial charge on any atom is -0.354 e. The molecule has 0 aliphatic carbocycles. The molecular formula is C26H30FN3O4S. The van der Waals surface area contributed by atoms with E-state index in [1.165, 1.54) is 42.3 Å². The summed E-state index contributed by atoms with van der Waals surface area (Å²) in [6.07, 6.45) is 0.733. The van der Waals surface area contributed by atoms with Crippen LogP contribution in [-0.2, 0) is 26.2 Å². The molecule has 3 aromatic rings. The van der Waals surface area contributed by atoms with Gasteiger partial charge in [0.2, 0.25) is 21.8 Å². The van der Waals surface area contributed by atoms with Crippen LogP contribution in [0.1, 0.15) is 25.8 Å². The molecule has 0 fully saturated rings. The molecule has 3 rings (SSSR count). The Labute approximate surface area is 205 Å². The van der Waals surface area contributed by atoms with Crippen LogP contribution < -0.4 is 5.32 Å². The van der Waals surface area contributed by atoms with Crippen molar-refractivity contribution in [3.63, 3.8) is 0 Å². The van der Waals surface area contributed by atoms with Crippen LogP contribution in [0.25, 0.3) is 10.8 Å². The Morgan fingerprint density at radius 2 is 1.66 bits per heavy atom. The zero-order valence-corrected chi connectivity index (χ0v) is 20.9. The number of carbonyl (C=O) groups excluding carboxylic acids is 2. The lowest BCUT2D eigenvalue weighted by molar-refractivity contribution is -0.140. The van der Waals surface area contributed by atoms with E-state index < -0.39 is 34.3 Å². The van der Waals surface area contributed by atoms with Crippen LogP contribution in [0.15, 0.2) is 71.6 Å². The van der Waals surface area contributed by atoms with Crippen LogP contribution in [0.2, 0.25) is 0 Å². The maximum absolute atomic E-state index is 13.4. The summed E-state index contributed by atoms with van der Waals surface area (Å²) in [4.78, 5) is 27.3. The van der Waals surface area contributed by atoms with Crippen LogP contribution in [0.4, 0.5) is 4.39 Å². The maximum Gasteiger partial charge on any atom is 0.243 e. The van der Waals surface area contributed by atoms with E-state index in [0.717, 1.165) is 21.5 Å². The predicted octanol–water partition coefficient (Wildman–Crippen LogP) is 3.54. The second-order valence-electron chi connectivity index (χ2n) is 8.39. The lowest BCUT2D eigenvalue weighted by Gasteiger charge is -2.30. The van der Waals surface area contributed by atoms with E-state index in [9.17, 15) is 22.4 Å². The number of carbonyl (C=O) groups is 2. The summed E-state index contributed by atoms with van der Waals surface area (Å²) in [6.45, 7) is 3.53. The Morgan fingerprint density at radius 3 is 2.31 bits per heavy atom. The van der Waals surface area contributed by atoms with E-state index in [0.29, 0.717) is 12.1 Å². The molecule has 0 aromatic heterocycles. The van der Waals surface area contributed by atoms with Gasteiger partial charge in [-0.3, -0.25) is 9.59 Å². The van der Waals surface area contributed by atoms with Crippen LogP contribution >= 0.6 is 0 Å². The molecule has 2 amide bonds. The van der Waals surface area contributed by atoms with Crippen molar-refractivity contribution in [2.75, 3.05) is 20.1 Å². The molecule has 0 aliphatic rings. The van der Waals surface area contributed by atoms with E-state index >= 15 is 0 Å². The standard InChI is InChI=1S/C26H30FN3O4S/c1-4-15-28-26(32)19(2)30(17-20-9-12-23(27)13-10-20)25(31)18-29(3)35(33,34)24-14-11-21-7-5-6-8-22(21)16-24/h5-14,16,19H,4,15,17-18H2,1-3H3,(H,28,32). The van der Waals surface area contributed by atoms with Crippen molar-refractivity contribution in [1.29, 1.82) is 0 Å². The third-order valence-electron chi connectivity index (χ3n) is 5.77. The number of halogens is 1. The second-order valence-corrected chi connectivity index (χ2v) is 10.4. The molecule has 0 heterocycles. The zero-order valence-electron chi connectivity index (χ0n) is 20.1. The number of fused-ring (bicyclic) bond motifs is 1. The first-order chi connectivity index (χ1) is 16.6. The van der Waals surface area contributed by atoms with Crippen molar-refractivity contribution < 1.29 is 22.4 Å². The summed E-state index contributed by atoms with van der Waals surface area (Å²) in [6, 6.07) is 17.0. The predicted molar refractivity (Wildman–Crippen MR) is 133 cm³/mol. The average molecular weight is 500 g/mol. The highest BCUT2D eigenvalue weighted by Crippen LogP contribution is 2.22. The molecule has 0 saturated carbocycles. The van der Waals surface area contributed by atoms with Crippen LogP contribution in [0, 0.1) is 5.82 Å². The summed E-state index contributed by atoms with van der Waals surface area (Å²) in [5, 5.41) is 4.44. The average Bonchev–Trinajstić information content (AvgIpc) is 2.85. The second kappa shape index (κ2) is 11.4. The Bertz CT molecular complexity index is 1300. The highest BCUT2D eigenvalue weighted by Gasteiger charge is 2.30. The summed E-state index contributed by atoms with van der Waals surface area (Å²) < 4.78 is 40.8. The maximum atomic E-state index is 13.4. The summed E-state index contributed by atoms with van der Waals surface area (Å²) in [5.74, 6) is -1.30. The van der Waals surface area contributed by atoms with E-state index in [-0.39, 0.29) is 17.3 Å². The Kier molecular flexibility index (Phi) is 8.58. The summed E-state index contributed by atoms with van der Waals surface area (Å²) >= 11 is 0. The SMILES string of the molecule is CCCNC(=O)C(C)N(Cc1ccc(F)cc1)C(=O)CN(C)S(=O)(=O)c1ccc2ccccc2c1. The molecule has 1 unspecified atom stereocenters. The molecule has 186 valence electrons. The molecule has 0 aliphatic heterocycles. The molecule has 9 heteroatoms. The lowest BCUT2D eigenvalue weighted by Crippen LogP contribution is -2.50. The number of hydrogen-bond donors (Lipinski definition) is 1. The van der Waals surface area contributed by atoms with Gasteiger partial charge in [0.15, 0.2) is 0 Å². The van der Waals surface area contributed by atoms with Crippen molar-refractivity contribution >= 4 is 32.6 Å². The van der Waals surface area contributed by atoms with Gasteiger partial charge < -0.3 is 10.2 Å². The van der Waals surface area contributed by atoms with Crippen molar-refractivity contribution in [3.8, 4) is 0 Å². The number of amides is 2. The number of rotatable bonds is 10. The van der Waals surface area contributed by atoms with E-state index in [2.05, 4.69) is 5.32 Å².